The summed E-state index contributed by atoms with van der Waals surface area (Å²) in [5.74, 6) is 1.47. The van der Waals surface area contributed by atoms with Crippen LogP contribution in [0.3, 0.4) is 0 Å². The van der Waals surface area contributed by atoms with Crippen LogP contribution in [0.1, 0.15) is 62.5 Å². The van der Waals surface area contributed by atoms with Crippen molar-refractivity contribution in [1.29, 1.82) is 5.26 Å². The third-order valence-electron chi connectivity index (χ3n) is 4.22. The van der Waals surface area contributed by atoms with E-state index in [-0.39, 0.29) is 0 Å². The van der Waals surface area contributed by atoms with Crippen LogP contribution in [-0.4, -0.2) is 0 Å². The van der Waals surface area contributed by atoms with Crippen LogP contribution in [0.15, 0.2) is 36.4 Å². The molecule has 19 heavy (non-hydrogen) atoms. The van der Waals surface area contributed by atoms with E-state index in [2.05, 4.69) is 37.3 Å². The number of allylic oxidation sites excluding steroid dienone is 2. The molecule has 1 aromatic carbocycles. The molecule has 0 N–H and O–H groups in total. The maximum absolute atomic E-state index is 8.87. The topological polar surface area (TPSA) is 23.8 Å². The van der Waals surface area contributed by atoms with E-state index in [0.29, 0.717) is 5.92 Å². The third-order valence-corrected chi connectivity index (χ3v) is 4.22. The number of nitriles is 1. The Hall–Kier alpha value is -1.55. The molecule has 0 bridgehead atoms. The van der Waals surface area contributed by atoms with Gasteiger partial charge in [-0.05, 0) is 55.2 Å². The highest BCUT2D eigenvalue weighted by Crippen LogP contribution is 2.39. The molecule has 1 fully saturated rings. The average molecular weight is 253 g/mol. The fourth-order valence-electron chi connectivity index (χ4n) is 3.17. The first-order chi connectivity index (χ1) is 9.35. The molecule has 0 saturated heterocycles. The van der Waals surface area contributed by atoms with Gasteiger partial charge in [0, 0.05) is 0 Å². The van der Waals surface area contributed by atoms with Crippen LogP contribution < -0.4 is 0 Å². The largest absolute Gasteiger partial charge is 0.192 e. The molecule has 1 aliphatic rings. The molecule has 2 rings (SSSR count). The Balaban J connectivity index is 2.09. The quantitative estimate of drug-likeness (QED) is 0.677. The summed E-state index contributed by atoms with van der Waals surface area (Å²) in [7, 11) is 0. The second-order valence-corrected chi connectivity index (χ2v) is 5.50. The molecule has 0 unspecified atom stereocenters. The van der Waals surface area contributed by atoms with Gasteiger partial charge >= 0.3 is 0 Å². The Morgan fingerprint density at radius 1 is 1.16 bits per heavy atom. The maximum Gasteiger partial charge on any atom is 0.0991 e. The average Bonchev–Trinajstić information content (AvgIpc) is 2.48. The van der Waals surface area contributed by atoms with Gasteiger partial charge in [0.15, 0.2) is 0 Å². The highest BCUT2D eigenvalue weighted by Gasteiger charge is 2.25. The first-order valence-electron chi connectivity index (χ1n) is 7.50. The summed E-state index contributed by atoms with van der Waals surface area (Å²) in [5, 5.41) is 8.87. The van der Waals surface area contributed by atoms with Crippen LogP contribution in [-0.2, 0) is 0 Å². The second kappa shape index (κ2) is 7.14. The molecule has 1 aromatic rings. The maximum atomic E-state index is 8.87. The number of hydrogen-bond donors (Lipinski definition) is 0. The number of nitrogens with zero attached hydrogens (tertiary/aromatic N) is 1. The third kappa shape index (κ3) is 3.70. The zero-order valence-corrected chi connectivity index (χ0v) is 11.8. The second-order valence-electron chi connectivity index (χ2n) is 5.50. The minimum Gasteiger partial charge on any atom is -0.192 e. The Kier molecular flexibility index (Phi) is 5.21. The molecule has 100 valence electrons. The Morgan fingerprint density at radius 3 is 2.58 bits per heavy atom. The lowest BCUT2D eigenvalue weighted by Crippen LogP contribution is -2.17. The number of rotatable bonds is 4. The molecular formula is C18H23N. The monoisotopic (exact) mass is 253 g/mol. The van der Waals surface area contributed by atoms with E-state index in [0.717, 1.165) is 17.9 Å². The van der Waals surface area contributed by atoms with E-state index in [1.807, 2.05) is 12.1 Å². The van der Waals surface area contributed by atoms with Gasteiger partial charge in [0.1, 0.15) is 0 Å². The van der Waals surface area contributed by atoms with Crippen LogP contribution in [0.2, 0.25) is 0 Å². The molecule has 2 atom stereocenters. The number of hydrogen-bond acceptors (Lipinski definition) is 1. The van der Waals surface area contributed by atoms with Crippen molar-refractivity contribution in [2.45, 2.75) is 51.4 Å². The normalized spacial score (nSPS) is 23.4. The molecule has 1 heteroatoms. The fraction of sp³-hybridized carbons (Fsp3) is 0.500. The van der Waals surface area contributed by atoms with Crippen molar-refractivity contribution in [3.05, 3.63) is 47.5 Å². The fourth-order valence-corrected chi connectivity index (χ4v) is 3.17. The molecule has 0 aliphatic heterocycles. The molecule has 0 heterocycles. The summed E-state index contributed by atoms with van der Waals surface area (Å²) in [5.41, 5.74) is 2.19. The van der Waals surface area contributed by atoms with E-state index < -0.39 is 0 Å². The van der Waals surface area contributed by atoms with Crippen molar-refractivity contribution >= 4 is 0 Å². The molecule has 0 amide bonds. The Bertz CT molecular complexity index is 450. The van der Waals surface area contributed by atoms with E-state index in [1.54, 1.807) is 0 Å². The van der Waals surface area contributed by atoms with Gasteiger partial charge in [-0.15, -0.1) is 0 Å². The van der Waals surface area contributed by atoms with Crippen molar-refractivity contribution in [1.82, 2.24) is 0 Å². The van der Waals surface area contributed by atoms with Crippen molar-refractivity contribution in [2.24, 2.45) is 5.92 Å². The van der Waals surface area contributed by atoms with Gasteiger partial charge in [0.05, 0.1) is 11.6 Å². The summed E-state index contributed by atoms with van der Waals surface area (Å²) in [6.45, 7) is 2.19. The Morgan fingerprint density at radius 2 is 1.89 bits per heavy atom. The number of benzene rings is 1. The lowest BCUT2D eigenvalue weighted by atomic mass is 9.74. The first-order valence-corrected chi connectivity index (χ1v) is 7.50. The van der Waals surface area contributed by atoms with E-state index >= 15 is 0 Å². The van der Waals surface area contributed by atoms with Crippen LogP contribution in [0.4, 0.5) is 0 Å². The van der Waals surface area contributed by atoms with E-state index in [1.165, 1.54) is 37.7 Å². The van der Waals surface area contributed by atoms with Gasteiger partial charge in [-0.1, -0.05) is 44.1 Å². The summed E-state index contributed by atoms with van der Waals surface area (Å²) < 4.78 is 0. The van der Waals surface area contributed by atoms with Gasteiger partial charge in [0.2, 0.25) is 0 Å². The molecule has 0 aromatic heterocycles. The highest BCUT2D eigenvalue weighted by molar-refractivity contribution is 5.33. The molecule has 1 aliphatic carbocycles. The van der Waals surface area contributed by atoms with Gasteiger partial charge < -0.3 is 0 Å². The summed E-state index contributed by atoms with van der Waals surface area (Å²) in [4.78, 5) is 0. The van der Waals surface area contributed by atoms with Crippen LogP contribution in [0.5, 0.6) is 0 Å². The minimum absolute atomic E-state index is 0.683. The summed E-state index contributed by atoms with van der Waals surface area (Å²) in [6.07, 6.45) is 12.3. The lowest BCUT2D eigenvalue weighted by Gasteiger charge is -2.31. The van der Waals surface area contributed by atoms with E-state index in [4.69, 9.17) is 5.26 Å². The highest BCUT2D eigenvalue weighted by atomic mass is 14.3. The minimum atomic E-state index is 0.683. The summed E-state index contributed by atoms with van der Waals surface area (Å²) >= 11 is 0. The van der Waals surface area contributed by atoms with E-state index in [9.17, 15) is 0 Å². The van der Waals surface area contributed by atoms with Crippen molar-refractivity contribution in [2.75, 3.05) is 0 Å². The first kappa shape index (κ1) is 13.9. The summed E-state index contributed by atoms with van der Waals surface area (Å²) in [6, 6.07) is 10.4. The van der Waals surface area contributed by atoms with Gasteiger partial charge in [-0.3, -0.25) is 0 Å². The van der Waals surface area contributed by atoms with Crippen molar-refractivity contribution < 1.29 is 0 Å². The zero-order valence-electron chi connectivity index (χ0n) is 11.8. The molecular weight excluding hydrogens is 230 g/mol. The van der Waals surface area contributed by atoms with Gasteiger partial charge in [-0.25, -0.2) is 0 Å². The molecule has 1 saturated carbocycles. The van der Waals surface area contributed by atoms with Gasteiger partial charge in [0.25, 0.3) is 0 Å². The predicted molar refractivity (Wildman–Crippen MR) is 79.9 cm³/mol. The predicted octanol–water partition coefficient (Wildman–Crippen LogP) is 5.19. The van der Waals surface area contributed by atoms with Crippen molar-refractivity contribution in [3.63, 3.8) is 0 Å². The lowest BCUT2D eigenvalue weighted by molar-refractivity contribution is 0.309. The zero-order chi connectivity index (χ0) is 13.5. The van der Waals surface area contributed by atoms with Crippen LogP contribution >= 0.6 is 0 Å². The molecule has 1 nitrogen and oxygen atoms in total. The smallest absolute Gasteiger partial charge is 0.0991 e. The SMILES string of the molecule is CC/C=C\C[C@@H]1CCCC[C@H]1c1ccc(C#N)cc1. The Labute approximate surface area is 117 Å². The molecule has 0 spiro atoms. The molecule has 0 radical (unpaired) electrons. The standard InChI is InChI=1S/C18H23N/c1-2-3-4-7-16-8-5-6-9-18(16)17-12-10-15(14-19)11-13-17/h3-4,10-13,16,18H,2,5-9H2,1H3/b4-3-/t16-,18-/m1/s1. The van der Waals surface area contributed by atoms with Crippen LogP contribution in [0, 0.1) is 17.2 Å². The van der Waals surface area contributed by atoms with Gasteiger partial charge in [-0.2, -0.15) is 5.26 Å². The van der Waals surface area contributed by atoms with Crippen molar-refractivity contribution in [3.8, 4) is 6.07 Å². The van der Waals surface area contributed by atoms with Crippen LogP contribution in [0.25, 0.3) is 0 Å².